The van der Waals surface area contributed by atoms with E-state index in [-0.39, 0.29) is 11.5 Å². The SMILES string of the molecule is CN(C)c1ccc(N=Nc2ccc([N+](=O)[O-])c[n+]2O)cc1. The van der Waals surface area contributed by atoms with Crippen LogP contribution in [0.3, 0.4) is 0 Å². The van der Waals surface area contributed by atoms with E-state index in [0.717, 1.165) is 11.9 Å². The minimum atomic E-state index is -0.604. The number of rotatable bonds is 4. The van der Waals surface area contributed by atoms with E-state index in [1.807, 2.05) is 31.1 Å². The molecule has 108 valence electrons. The molecule has 1 aromatic heterocycles. The van der Waals surface area contributed by atoms with Crippen molar-refractivity contribution in [2.75, 3.05) is 19.0 Å². The predicted octanol–water partition coefficient (Wildman–Crippen LogP) is 2.60. The number of benzene rings is 1. The fourth-order valence-electron chi connectivity index (χ4n) is 1.58. The smallest absolute Gasteiger partial charge is 0.378 e. The van der Waals surface area contributed by atoms with Crippen LogP contribution in [0.15, 0.2) is 52.8 Å². The van der Waals surface area contributed by atoms with Crippen LogP contribution >= 0.6 is 0 Å². The summed E-state index contributed by atoms with van der Waals surface area (Å²) in [5.41, 5.74) is 1.41. The third-order valence-electron chi connectivity index (χ3n) is 2.74. The fraction of sp³-hybridized carbons (Fsp3) is 0.154. The van der Waals surface area contributed by atoms with Crippen molar-refractivity contribution in [1.29, 1.82) is 0 Å². The lowest BCUT2D eigenvalue weighted by molar-refractivity contribution is -0.895. The molecule has 0 saturated carbocycles. The van der Waals surface area contributed by atoms with Crippen molar-refractivity contribution in [3.8, 4) is 0 Å². The second kappa shape index (κ2) is 5.95. The monoisotopic (exact) mass is 288 g/mol. The molecule has 8 nitrogen and oxygen atoms in total. The summed E-state index contributed by atoms with van der Waals surface area (Å²) >= 11 is 0. The summed E-state index contributed by atoms with van der Waals surface area (Å²) in [4.78, 5) is 11.9. The van der Waals surface area contributed by atoms with Crippen molar-refractivity contribution in [2.45, 2.75) is 0 Å². The third-order valence-corrected chi connectivity index (χ3v) is 2.74. The lowest BCUT2D eigenvalue weighted by atomic mass is 10.3. The van der Waals surface area contributed by atoms with E-state index < -0.39 is 4.92 Å². The van der Waals surface area contributed by atoms with E-state index in [4.69, 9.17) is 0 Å². The van der Waals surface area contributed by atoms with Crippen LogP contribution in [0.2, 0.25) is 0 Å². The van der Waals surface area contributed by atoms with Crippen molar-refractivity contribution in [3.63, 3.8) is 0 Å². The molecule has 0 atom stereocenters. The van der Waals surface area contributed by atoms with E-state index in [1.54, 1.807) is 12.1 Å². The highest BCUT2D eigenvalue weighted by Gasteiger charge is 2.16. The molecule has 0 aliphatic rings. The topological polar surface area (TPSA) is 95.2 Å². The van der Waals surface area contributed by atoms with Crippen LogP contribution in [0, 0.1) is 10.1 Å². The Hall–Kier alpha value is -3.03. The van der Waals surface area contributed by atoms with Crippen LogP contribution in [-0.4, -0.2) is 24.2 Å². The number of anilines is 1. The summed E-state index contributed by atoms with van der Waals surface area (Å²) in [5.74, 6) is 0.0947. The molecule has 2 aromatic rings. The highest BCUT2D eigenvalue weighted by atomic mass is 16.6. The Balaban J connectivity index is 2.19. The first-order chi connectivity index (χ1) is 9.97. The maximum absolute atomic E-state index is 10.6. The van der Waals surface area contributed by atoms with Gasteiger partial charge in [-0.3, -0.25) is 10.1 Å². The molecule has 0 amide bonds. The second-order valence-electron chi connectivity index (χ2n) is 4.46. The van der Waals surface area contributed by atoms with Crippen LogP contribution in [-0.2, 0) is 0 Å². The van der Waals surface area contributed by atoms with Crippen molar-refractivity contribution < 1.29 is 14.9 Å². The molecule has 1 aromatic carbocycles. The lowest BCUT2D eigenvalue weighted by Crippen LogP contribution is -2.29. The van der Waals surface area contributed by atoms with Gasteiger partial charge in [-0.25, -0.2) is 0 Å². The molecule has 8 heteroatoms. The van der Waals surface area contributed by atoms with Gasteiger partial charge in [-0.05, 0) is 34.1 Å². The lowest BCUT2D eigenvalue weighted by Gasteiger charge is -2.11. The molecule has 0 spiro atoms. The maximum atomic E-state index is 10.6. The Kier molecular flexibility index (Phi) is 4.07. The van der Waals surface area contributed by atoms with Crippen molar-refractivity contribution >= 4 is 22.9 Å². The molecule has 0 aliphatic heterocycles. The zero-order chi connectivity index (χ0) is 15.4. The average molecular weight is 288 g/mol. The molecule has 2 rings (SSSR count). The van der Waals surface area contributed by atoms with Crippen LogP contribution in [0.1, 0.15) is 0 Å². The van der Waals surface area contributed by atoms with E-state index in [2.05, 4.69) is 10.2 Å². The van der Waals surface area contributed by atoms with Gasteiger partial charge in [0.1, 0.15) is 5.69 Å². The summed E-state index contributed by atoms with van der Waals surface area (Å²) in [7, 11) is 3.87. The molecule has 1 N–H and O–H groups in total. The number of pyridine rings is 1. The Morgan fingerprint density at radius 1 is 1.14 bits per heavy atom. The summed E-state index contributed by atoms with van der Waals surface area (Å²) in [6.45, 7) is 0. The van der Waals surface area contributed by atoms with Gasteiger partial charge in [0.2, 0.25) is 6.20 Å². The number of azo groups is 1. The minimum absolute atomic E-state index is 0.0947. The first kappa shape index (κ1) is 14.4. The number of nitro groups is 1. The van der Waals surface area contributed by atoms with Gasteiger partial charge in [0, 0.05) is 31.9 Å². The first-order valence-corrected chi connectivity index (χ1v) is 6.06. The Labute approximate surface area is 120 Å². The molecule has 0 unspecified atom stereocenters. The van der Waals surface area contributed by atoms with Crippen molar-refractivity contribution in [2.24, 2.45) is 10.2 Å². The number of hydrogen-bond donors (Lipinski definition) is 1. The van der Waals surface area contributed by atoms with Gasteiger partial charge < -0.3 is 10.1 Å². The summed E-state index contributed by atoms with van der Waals surface area (Å²) in [6, 6.07) is 9.90. The maximum Gasteiger partial charge on any atom is 0.389 e. The minimum Gasteiger partial charge on any atom is -0.378 e. The Morgan fingerprint density at radius 3 is 2.33 bits per heavy atom. The second-order valence-corrected chi connectivity index (χ2v) is 4.46. The predicted molar refractivity (Wildman–Crippen MR) is 75.4 cm³/mol. The zero-order valence-electron chi connectivity index (χ0n) is 11.5. The Morgan fingerprint density at radius 2 is 1.81 bits per heavy atom. The number of hydrogen-bond acceptors (Lipinski definition) is 6. The molecular weight excluding hydrogens is 274 g/mol. The van der Waals surface area contributed by atoms with Crippen LogP contribution in [0.5, 0.6) is 0 Å². The molecular formula is C13H14N5O3+. The summed E-state index contributed by atoms with van der Waals surface area (Å²) < 4.78 is 0.565. The molecule has 0 radical (unpaired) electrons. The van der Waals surface area contributed by atoms with Gasteiger partial charge in [-0.1, -0.05) is 0 Å². The van der Waals surface area contributed by atoms with Gasteiger partial charge in [0.25, 0.3) is 0 Å². The van der Waals surface area contributed by atoms with Gasteiger partial charge in [-0.2, -0.15) is 0 Å². The summed E-state index contributed by atoms with van der Waals surface area (Å²) in [6.07, 6.45) is 0.962. The fourth-order valence-corrected chi connectivity index (χ4v) is 1.58. The normalized spacial score (nSPS) is 10.8. The molecule has 0 aliphatic carbocycles. The summed E-state index contributed by atoms with van der Waals surface area (Å²) in [5, 5.41) is 28.0. The number of nitrogens with zero attached hydrogens (tertiary/aromatic N) is 5. The molecule has 1 heterocycles. The van der Waals surface area contributed by atoms with E-state index in [0.29, 0.717) is 10.4 Å². The molecule has 0 saturated heterocycles. The standard InChI is InChI=1S/C13H14N5O3/c1-16(2)11-5-3-10(4-6-11)14-15-13-8-7-12(18(20)21)9-17(13)19/h3-9,19H,1-2H3/q+1. The van der Waals surface area contributed by atoms with E-state index in [1.165, 1.54) is 12.1 Å². The highest BCUT2D eigenvalue weighted by molar-refractivity contribution is 5.51. The average Bonchev–Trinajstić information content (AvgIpc) is 2.46. The van der Waals surface area contributed by atoms with Crippen LogP contribution in [0.25, 0.3) is 0 Å². The molecule has 0 fully saturated rings. The van der Waals surface area contributed by atoms with E-state index >= 15 is 0 Å². The molecule has 21 heavy (non-hydrogen) atoms. The zero-order valence-corrected chi connectivity index (χ0v) is 11.5. The Bertz CT molecular complexity index is 683. The first-order valence-electron chi connectivity index (χ1n) is 6.06. The van der Waals surface area contributed by atoms with Crippen molar-refractivity contribution in [3.05, 3.63) is 52.7 Å². The van der Waals surface area contributed by atoms with Gasteiger partial charge >= 0.3 is 11.5 Å². The van der Waals surface area contributed by atoms with Crippen LogP contribution < -0.4 is 9.63 Å². The van der Waals surface area contributed by atoms with Crippen LogP contribution in [0.4, 0.5) is 22.9 Å². The number of aromatic nitrogens is 1. The van der Waals surface area contributed by atoms with E-state index in [9.17, 15) is 15.3 Å². The third kappa shape index (κ3) is 3.50. The largest absolute Gasteiger partial charge is 0.389 e. The van der Waals surface area contributed by atoms with Gasteiger partial charge in [-0.15, -0.1) is 0 Å². The highest BCUT2D eigenvalue weighted by Crippen LogP contribution is 2.20. The quantitative estimate of drug-likeness (QED) is 0.307. The van der Waals surface area contributed by atoms with Crippen molar-refractivity contribution in [1.82, 2.24) is 0 Å². The molecule has 0 bridgehead atoms. The van der Waals surface area contributed by atoms with Gasteiger partial charge in [0.05, 0.1) is 10.0 Å². The van der Waals surface area contributed by atoms with Gasteiger partial charge in [0.15, 0.2) is 0 Å².